The van der Waals surface area contributed by atoms with E-state index in [0.717, 1.165) is 0 Å². The van der Waals surface area contributed by atoms with Gasteiger partial charge in [0.05, 0.1) is 0 Å². The van der Waals surface area contributed by atoms with Crippen molar-refractivity contribution >= 4 is 40.5 Å². The molecule has 0 aromatic rings. The summed E-state index contributed by atoms with van der Waals surface area (Å²) in [4.78, 5) is 0. The molecule has 0 aliphatic rings. The van der Waals surface area contributed by atoms with Crippen LogP contribution in [0.1, 0.15) is 0 Å². The van der Waals surface area contributed by atoms with Crippen LogP contribution in [0.15, 0.2) is 0 Å². The molecule has 0 N–H and O–H groups in total. The zero-order chi connectivity index (χ0) is 0. The summed E-state index contributed by atoms with van der Waals surface area (Å²) < 4.78 is 0. The van der Waals surface area contributed by atoms with Crippen LogP contribution >= 0.6 is 0 Å². The van der Waals surface area contributed by atoms with Crippen molar-refractivity contribution in [1.82, 2.24) is 0 Å². The van der Waals surface area contributed by atoms with Gasteiger partial charge < -0.3 is 40.5 Å². The molecule has 0 bridgehead atoms. The second-order valence-corrected chi connectivity index (χ2v) is 0. The molecule has 0 aliphatic heterocycles. The predicted octanol–water partition coefficient (Wildman–Crippen LogP) is -0.00970. The molecule has 0 fully saturated rings. The Morgan fingerprint density at radius 3 is 0.600 bits per heavy atom. The molecule has 0 radical (unpaired) electrons. The Morgan fingerprint density at radius 1 is 0.600 bits per heavy atom. The molecule has 0 heterocycles. The van der Waals surface area contributed by atoms with Gasteiger partial charge in [-0.3, -0.25) is 0 Å². The normalized spacial score (nSPS) is 0. The maximum Gasteiger partial charge on any atom is 3.00 e. The van der Waals surface area contributed by atoms with Crippen molar-refractivity contribution in [3.8, 4) is 0 Å². The van der Waals surface area contributed by atoms with Gasteiger partial charge in [-0.25, -0.2) is 0 Å². The third-order valence-corrected chi connectivity index (χ3v) is 0. The monoisotopic (exact) mass is 350 g/mol. The van der Waals surface area contributed by atoms with Crippen molar-refractivity contribution in [1.29, 1.82) is 0 Å². The van der Waals surface area contributed by atoms with Crippen LogP contribution in [0, 0.1) is 37.7 Å². The van der Waals surface area contributed by atoms with Crippen LogP contribution in [0.4, 0.5) is 0 Å². The zero-order valence-corrected chi connectivity index (χ0v) is 9.33. The molecule has 0 saturated carbocycles. The van der Waals surface area contributed by atoms with Crippen molar-refractivity contribution < 1.29 is 70.4 Å². The van der Waals surface area contributed by atoms with Gasteiger partial charge in [-0.1, -0.05) is 0 Å². The summed E-state index contributed by atoms with van der Waals surface area (Å²) in [5.74, 6) is 0. The first-order valence-electron chi connectivity index (χ1n) is 0. The minimum Gasteiger partial charge on any atom is -2.00 e. The third kappa shape index (κ3) is 18.6. The van der Waals surface area contributed by atoms with Crippen molar-refractivity contribution in [2.45, 2.75) is 0 Å². The molecule has 0 saturated heterocycles. The van der Waals surface area contributed by atoms with Gasteiger partial charge in [-0.2, -0.15) is 0 Å². The Morgan fingerprint density at radius 2 is 0.600 bits per heavy atom. The van der Waals surface area contributed by atoms with Gasteiger partial charge in [0.15, 0.2) is 0 Å². The molecule has 5 heteroatoms. The van der Waals surface area contributed by atoms with E-state index in [2.05, 4.69) is 0 Å². The standard InChI is InChI=1S/Ho.3S.Y/q+3;3*-2;+3. The van der Waals surface area contributed by atoms with Gasteiger partial charge in [-0.05, 0) is 0 Å². The molecule has 0 atom stereocenters. The van der Waals surface area contributed by atoms with E-state index in [9.17, 15) is 0 Å². The first-order valence-corrected chi connectivity index (χ1v) is 0. The second-order valence-electron chi connectivity index (χ2n) is 0. The molecule has 0 aromatic carbocycles. The minimum atomic E-state index is 0. The fraction of sp³-hybridized carbons (Fsp3) is 0. The second kappa shape index (κ2) is 26.2. The van der Waals surface area contributed by atoms with Gasteiger partial charge in [0.25, 0.3) is 0 Å². The largest absolute Gasteiger partial charge is 3.00 e. The van der Waals surface area contributed by atoms with Gasteiger partial charge in [-0.15, -0.1) is 0 Å². The quantitative estimate of drug-likeness (QED) is 0.540. The number of hydrogen-bond donors (Lipinski definition) is 0. The summed E-state index contributed by atoms with van der Waals surface area (Å²) in [5, 5.41) is 0. The van der Waals surface area contributed by atoms with Crippen LogP contribution in [0.3, 0.4) is 0 Å². The maximum atomic E-state index is 0. The van der Waals surface area contributed by atoms with Crippen LogP contribution < -0.4 is 0 Å². The Kier molecular flexibility index (Phi) is 208. The molecule has 0 rings (SSSR count). The van der Waals surface area contributed by atoms with E-state index in [4.69, 9.17) is 0 Å². The van der Waals surface area contributed by atoms with Crippen LogP contribution in [-0.2, 0) is 73.2 Å². The van der Waals surface area contributed by atoms with Crippen LogP contribution in [-0.4, -0.2) is 0 Å². The van der Waals surface area contributed by atoms with E-state index < -0.39 is 0 Å². The fourth-order valence-corrected chi connectivity index (χ4v) is 0. The Labute approximate surface area is 108 Å². The fourth-order valence-electron chi connectivity index (χ4n) is 0. The minimum absolute atomic E-state index is 0. The maximum absolute atomic E-state index is 0. The molecule has 0 aromatic heterocycles. The summed E-state index contributed by atoms with van der Waals surface area (Å²) in [6, 6.07) is 0. The molecule has 0 spiro atoms. The van der Waals surface area contributed by atoms with Crippen molar-refractivity contribution in [3.05, 3.63) is 0 Å². The van der Waals surface area contributed by atoms with Gasteiger partial charge in [0, 0.05) is 0 Å². The van der Waals surface area contributed by atoms with Crippen LogP contribution in [0.5, 0.6) is 0 Å². The Balaban J connectivity index is 0. The first kappa shape index (κ1) is 39.7. The smallest absolute Gasteiger partial charge is 2.00 e. The van der Waals surface area contributed by atoms with Crippen molar-refractivity contribution in [3.63, 3.8) is 0 Å². The molecule has 0 aliphatic carbocycles. The summed E-state index contributed by atoms with van der Waals surface area (Å²) in [7, 11) is 0. The molecule has 0 nitrogen and oxygen atoms in total. The summed E-state index contributed by atoms with van der Waals surface area (Å²) in [6.45, 7) is 0. The molecular weight excluding hydrogens is 350 g/mol. The Hall–Kier alpha value is 3.41. The van der Waals surface area contributed by atoms with E-state index in [1.165, 1.54) is 0 Å². The van der Waals surface area contributed by atoms with Gasteiger partial charge in [0.2, 0.25) is 0 Å². The number of rotatable bonds is 0. The molecule has 5 heavy (non-hydrogen) atoms. The van der Waals surface area contributed by atoms with E-state index in [1.54, 1.807) is 0 Å². The molecule has 0 amide bonds. The van der Waals surface area contributed by atoms with Crippen LogP contribution in [0.2, 0.25) is 0 Å². The molecular formula is HoS3Y. The van der Waals surface area contributed by atoms with E-state index in [1.807, 2.05) is 0 Å². The topological polar surface area (TPSA) is 0 Å². The summed E-state index contributed by atoms with van der Waals surface area (Å²) in [6.07, 6.45) is 0. The van der Waals surface area contributed by atoms with Gasteiger partial charge >= 0.3 is 70.4 Å². The Bertz CT molecular complexity index is 6.85. The number of hydrogen-bond acceptors (Lipinski definition) is 0. The summed E-state index contributed by atoms with van der Waals surface area (Å²) in [5.41, 5.74) is 0. The van der Waals surface area contributed by atoms with Crippen molar-refractivity contribution in [2.75, 3.05) is 0 Å². The first-order chi connectivity index (χ1) is 0. The molecule has 0 unspecified atom stereocenters. The van der Waals surface area contributed by atoms with Crippen LogP contribution in [0.25, 0.3) is 0 Å². The SMILES string of the molecule is [Ho+3].[S-2].[S-2].[S-2].[Y+3]. The zero-order valence-electron chi connectivity index (χ0n) is 2.10. The summed E-state index contributed by atoms with van der Waals surface area (Å²) >= 11 is 0. The van der Waals surface area contributed by atoms with E-state index in [-0.39, 0.29) is 111 Å². The average Bonchev–Trinajstić information content (AvgIpc) is 0. The molecule has 32 valence electrons. The van der Waals surface area contributed by atoms with E-state index in [0.29, 0.717) is 0 Å². The predicted molar refractivity (Wildman–Crippen MR) is 22.1 cm³/mol. The van der Waals surface area contributed by atoms with Gasteiger partial charge in [0.1, 0.15) is 0 Å². The van der Waals surface area contributed by atoms with E-state index >= 15 is 0 Å². The average molecular weight is 350 g/mol. The third-order valence-electron chi connectivity index (χ3n) is 0. The van der Waals surface area contributed by atoms with Crippen molar-refractivity contribution in [2.24, 2.45) is 0 Å².